The molecule has 0 saturated heterocycles. The molecule has 0 aromatic heterocycles. The van der Waals surface area contributed by atoms with E-state index in [-0.39, 0.29) is 23.1 Å². The van der Waals surface area contributed by atoms with Gasteiger partial charge in [-0.25, -0.2) is 0 Å². The van der Waals surface area contributed by atoms with Crippen LogP contribution in [-0.2, 0) is 0 Å². The fourth-order valence-electron chi connectivity index (χ4n) is 2.80. The summed E-state index contributed by atoms with van der Waals surface area (Å²) in [5, 5.41) is 30.6. The standard InChI is InChI=1S/C19H15NO4/c21-15-8-6-14(7-9-15)19(13-4-2-1-3-5-13)17-11-10-16(22)12-18(17)20(23)24/h1-12,19,21-22H. The molecule has 1 atom stereocenters. The Morgan fingerprint density at radius 1 is 0.792 bits per heavy atom. The molecule has 0 radical (unpaired) electrons. The molecule has 0 spiro atoms. The lowest BCUT2D eigenvalue weighted by Gasteiger charge is -2.19. The highest BCUT2D eigenvalue weighted by Gasteiger charge is 2.25. The van der Waals surface area contributed by atoms with Gasteiger partial charge in [0, 0.05) is 11.5 Å². The molecule has 3 aromatic carbocycles. The van der Waals surface area contributed by atoms with E-state index in [9.17, 15) is 20.3 Å². The van der Waals surface area contributed by atoms with E-state index in [0.29, 0.717) is 5.56 Å². The first-order valence-corrected chi connectivity index (χ1v) is 7.37. The Morgan fingerprint density at radius 2 is 1.38 bits per heavy atom. The predicted molar refractivity (Wildman–Crippen MR) is 90.3 cm³/mol. The van der Waals surface area contributed by atoms with Gasteiger partial charge in [-0.1, -0.05) is 42.5 Å². The van der Waals surface area contributed by atoms with E-state index in [4.69, 9.17) is 0 Å². The van der Waals surface area contributed by atoms with Gasteiger partial charge >= 0.3 is 0 Å². The van der Waals surface area contributed by atoms with Crippen LogP contribution in [0.25, 0.3) is 0 Å². The van der Waals surface area contributed by atoms with Crippen molar-refractivity contribution in [1.29, 1.82) is 0 Å². The first-order chi connectivity index (χ1) is 11.6. The van der Waals surface area contributed by atoms with Crippen LogP contribution >= 0.6 is 0 Å². The average molecular weight is 321 g/mol. The molecule has 0 heterocycles. The summed E-state index contributed by atoms with van der Waals surface area (Å²) in [4.78, 5) is 11.0. The van der Waals surface area contributed by atoms with Crippen LogP contribution in [-0.4, -0.2) is 15.1 Å². The van der Waals surface area contributed by atoms with Crippen molar-refractivity contribution in [2.45, 2.75) is 5.92 Å². The summed E-state index contributed by atoms with van der Waals surface area (Å²) in [6, 6.07) is 20.2. The number of nitrogens with zero attached hydrogens (tertiary/aromatic N) is 1. The van der Waals surface area contributed by atoms with Gasteiger partial charge in [0.1, 0.15) is 11.5 Å². The Kier molecular flexibility index (Phi) is 4.16. The minimum atomic E-state index is -0.495. The Morgan fingerprint density at radius 3 is 2.00 bits per heavy atom. The van der Waals surface area contributed by atoms with Crippen molar-refractivity contribution in [1.82, 2.24) is 0 Å². The van der Waals surface area contributed by atoms with Crippen molar-refractivity contribution >= 4 is 5.69 Å². The van der Waals surface area contributed by atoms with Gasteiger partial charge in [0.15, 0.2) is 0 Å². The second-order valence-electron chi connectivity index (χ2n) is 5.44. The molecule has 3 rings (SSSR count). The third-order valence-electron chi connectivity index (χ3n) is 3.88. The quantitative estimate of drug-likeness (QED) is 0.429. The van der Waals surface area contributed by atoms with Gasteiger partial charge in [0.25, 0.3) is 5.69 Å². The highest BCUT2D eigenvalue weighted by atomic mass is 16.6. The Bertz CT molecular complexity index is 860. The maximum atomic E-state index is 11.4. The van der Waals surface area contributed by atoms with E-state index in [1.54, 1.807) is 30.3 Å². The Labute approximate surface area is 138 Å². The van der Waals surface area contributed by atoms with E-state index in [1.165, 1.54) is 6.07 Å². The lowest BCUT2D eigenvalue weighted by molar-refractivity contribution is -0.385. The van der Waals surface area contributed by atoms with Gasteiger partial charge in [-0.05, 0) is 35.4 Å². The molecular formula is C19H15NO4. The third-order valence-corrected chi connectivity index (χ3v) is 3.88. The molecule has 0 aliphatic rings. The minimum Gasteiger partial charge on any atom is -0.508 e. The zero-order valence-electron chi connectivity index (χ0n) is 12.7. The number of aromatic hydroxyl groups is 2. The summed E-state index contributed by atoms with van der Waals surface area (Å²) in [5.74, 6) is -0.401. The van der Waals surface area contributed by atoms with Gasteiger partial charge in [0.2, 0.25) is 0 Å². The Balaban J connectivity index is 2.23. The second kappa shape index (κ2) is 6.42. The highest BCUT2D eigenvalue weighted by molar-refractivity contribution is 5.55. The number of nitro benzene ring substituents is 1. The SMILES string of the molecule is O=[N+]([O-])c1cc(O)ccc1C(c1ccccc1)c1ccc(O)cc1. The predicted octanol–water partition coefficient (Wildman–Crippen LogP) is 4.19. The van der Waals surface area contributed by atoms with Gasteiger partial charge in [-0.3, -0.25) is 10.1 Å². The fourth-order valence-corrected chi connectivity index (χ4v) is 2.80. The van der Waals surface area contributed by atoms with E-state index in [2.05, 4.69) is 0 Å². The van der Waals surface area contributed by atoms with E-state index in [1.807, 2.05) is 30.3 Å². The summed E-state index contributed by atoms with van der Waals surface area (Å²) in [6.45, 7) is 0. The minimum absolute atomic E-state index is 0.130. The number of benzene rings is 3. The molecule has 0 bridgehead atoms. The van der Waals surface area contributed by atoms with E-state index in [0.717, 1.165) is 17.2 Å². The third kappa shape index (κ3) is 3.05. The van der Waals surface area contributed by atoms with Gasteiger partial charge in [-0.2, -0.15) is 0 Å². The van der Waals surface area contributed by atoms with Crippen molar-refractivity contribution in [2.24, 2.45) is 0 Å². The van der Waals surface area contributed by atoms with Crippen molar-refractivity contribution in [3.8, 4) is 11.5 Å². The van der Waals surface area contributed by atoms with Crippen LogP contribution in [0.2, 0.25) is 0 Å². The average Bonchev–Trinajstić information content (AvgIpc) is 2.59. The Hall–Kier alpha value is -3.34. The van der Waals surface area contributed by atoms with Gasteiger partial charge < -0.3 is 10.2 Å². The first-order valence-electron chi connectivity index (χ1n) is 7.37. The van der Waals surface area contributed by atoms with E-state index >= 15 is 0 Å². The topological polar surface area (TPSA) is 83.6 Å². The molecule has 0 fully saturated rings. The number of hydrogen-bond acceptors (Lipinski definition) is 4. The zero-order valence-corrected chi connectivity index (χ0v) is 12.7. The number of nitro groups is 1. The molecule has 120 valence electrons. The van der Waals surface area contributed by atoms with Crippen LogP contribution in [0.3, 0.4) is 0 Å². The van der Waals surface area contributed by atoms with Crippen molar-refractivity contribution in [3.05, 3.63) is 99.6 Å². The largest absolute Gasteiger partial charge is 0.508 e. The number of phenols is 2. The summed E-state index contributed by atoms with van der Waals surface area (Å²) in [5.41, 5.74) is 2.04. The summed E-state index contributed by atoms with van der Waals surface area (Å²) in [7, 11) is 0. The molecule has 3 aromatic rings. The number of phenolic OH excluding ortho intramolecular Hbond substituents is 2. The molecular weight excluding hydrogens is 306 g/mol. The molecule has 5 heteroatoms. The fraction of sp³-hybridized carbons (Fsp3) is 0.0526. The maximum absolute atomic E-state index is 11.4. The summed E-state index contributed by atoms with van der Waals surface area (Å²) < 4.78 is 0. The van der Waals surface area contributed by atoms with E-state index < -0.39 is 4.92 Å². The van der Waals surface area contributed by atoms with Crippen LogP contribution in [0.15, 0.2) is 72.8 Å². The molecule has 2 N–H and O–H groups in total. The van der Waals surface area contributed by atoms with Crippen LogP contribution in [0.1, 0.15) is 22.6 Å². The lowest BCUT2D eigenvalue weighted by atomic mass is 9.84. The zero-order chi connectivity index (χ0) is 17.1. The molecule has 0 saturated carbocycles. The molecule has 0 aliphatic heterocycles. The number of rotatable bonds is 4. The smallest absolute Gasteiger partial charge is 0.277 e. The number of hydrogen-bond donors (Lipinski definition) is 2. The first kappa shape index (κ1) is 15.6. The van der Waals surface area contributed by atoms with Crippen molar-refractivity contribution in [3.63, 3.8) is 0 Å². The van der Waals surface area contributed by atoms with Crippen molar-refractivity contribution in [2.75, 3.05) is 0 Å². The molecule has 0 amide bonds. The molecule has 0 aliphatic carbocycles. The maximum Gasteiger partial charge on any atom is 0.277 e. The summed E-state index contributed by atoms with van der Waals surface area (Å²) >= 11 is 0. The van der Waals surface area contributed by atoms with Crippen LogP contribution in [0, 0.1) is 10.1 Å². The van der Waals surface area contributed by atoms with Crippen LogP contribution < -0.4 is 0 Å². The normalized spacial score (nSPS) is 11.8. The molecule has 1 unspecified atom stereocenters. The summed E-state index contributed by atoms with van der Waals surface area (Å²) in [6.07, 6.45) is 0. The van der Waals surface area contributed by atoms with Crippen LogP contribution in [0.5, 0.6) is 11.5 Å². The highest BCUT2D eigenvalue weighted by Crippen LogP contribution is 2.38. The van der Waals surface area contributed by atoms with Crippen LogP contribution in [0.4, 0.5) is 5.69 Å². The monoisotopic (exact) mass is 321 g/mol. The molecule has 5 nitrogen and oxygen atoms in total. The lowest BCUT2D eigenvalue weighted by Crippen LogP contribution is -2.06. The van der Waals surface area contributed by atoms with Gasteiger partial charge in [0.05, 0.1) is 11.0 Å². The molecule has 24 heavy (non-hydrogen) atoms. The second-order valence-corrected chi connectivity index (χ2v) is 5.44. The van der Waals surface area contributed by atoms with Crippen molar-refractivity contribution < 1.29 is 15.1 Å². The van der Waals surface area contributed by atoms with Gasteiger partial charge in [-0.15, -0.1) is 0 Å².